The smallest absolute Gasteiger partial charge is 0.161 e. The minimum Gasteiger partial charge on any atom is -0.493 e. The molecule has 1 heterocycles. The van der Waals surface area contributed by atoms with E-state index in [1.807, 2.05) is 39.1 Å². The first-order chi connectivity index (χ1) is 11.7. The number of rotatable bonds is 8. The van der Waals surface area contributed by atoms with Gasteiger partial charge in [0.2, 0.25) is 0 Å². The van der Waals surface area contributed by atoms with E-state index in [1.165, 1.54) is 0 Å². The first kappa shape index (κ1) is 19.3. The number of likely N-dealkylation sites (N-methyl/N-ethyl adjacent to an activating group) is 1. The summed E-state index contributed by atoms with van der Waals surface area (Å²) in [7, 11) is 3.61. The highest BCUT2D eigenvalue weighted by molar-refractivity contribution is 5.43. The maximum absolute atomic E-state index is 9.92. The lowest BCUT2D eigenvalue weighted by atomic mass is 10.1. The summed E-state index contributed by atoms with van der Waals surface area (Å²) in [5.74, 6) is 2.12. The van der Waals surface area contributed by atoms with Crippen molar-refractivity contribution in [3.8, 4) is 11.5 Å². The average Bonchev–Trinajstić information content (AvgIpc) is 2.82. The summed E-state index contributed by atoms with van der Waals surface area (Å²) in [6.07, 6.45) is 0. The third kappa shape index (κ3) is 5.47. The molecule has 2 aromatic rings. The number of aliphatic hydroxyl groups is 1. The standard InChI is InChI=1S/C19H28N2O4/c1-13-16(14(2)25-20-13)11-24-17-8-7-15(9-18(17)23-6)10-21(5)12-19(3,4)22/h7-9,22H,10-12H2,1-6H3. The zero-order chi connectivity index (χ0) is 18.6. The van der Waals surface area contributed by atoms with Crippen LogP contribution in [0.4, 0.5) is 0 Å². The van der Waals surface area contributed by atoms with Crippen LogP contribution in [0.5, 0.6) is 11.5 Å². The molecule has 0 spiro atoms. The van der Waals surface area contributed by atoms with Crippen LogP contribution in [0.3, 0.4) is 0 Å². The van der Waals surface area contributed by atoms with Crippen molar-refractivity contribution in [3.05, 3.63) is 40.8 Å². The van der Waals surface area contributed by atoms with Crippen molar-refractivity contribution < 1.29 is 19.1 Å². The van der Waals surface area contributed by atoms with Gasteiger partial charge in [0, 0.05) is 13.1 Å². The van der Waals surface area contributed by atoms with Crippen molar-refractivity contribution in [2.24, 2.45) is 0 Å². The highest BCUT2D eigenvalue weighted by Crippen LogP contribution is 2.30. The summed E-state index contributed by atoms with van der Waals surface area (Å²) in [4.78, 5) is 2.07. The maximum atomic E-state index is 9.92. The number of nitrogens with zero attached hydrogens (tertiary/aromatic N) is 2. The fraction of sp³-hybridized carbons (Fsp3) is 0.526. The van der Waals surface area contributed by atoms with E-state index in [0.29, 0.717) is 31.2 Å². The lowest BCUT2D eigenvalue weighted by Gasteiger charge is -2.25. The molecule has 0 saturated heterocycles. The first-order valence-electron chi connectivity index (χ1n) is 8.32. The molecule has 0 radical (unpaired) electrons. The van der Waals surface area contributed by atoms with Gasteiger partial charge in [0.1, 0.15) is 12.4 Å². The largest absolute Gasteiger partial charge is 0.493 e. The van der Waals surface area contributed by atoms with E-state index in [-0.39, 0.29) is 0 Å². The van der Waals surface area contributed by atoms with Crippen LogP contribution in [0, 0.1) is 13.8 Å². The number of ether oxygens (including phenoxy) is 2. The normalized spacial score (nSPS) is 11.8. The SMILES string of the molecule is COc1cc(CN(C)CC(C)(C)O)ccc1OCc1c(C)noc1C. The molecular weight excluding hydrogens is 320 g/mol. The predicted octanol–water partition coefficient (Wildman–Crippen LogP) is 3.08. The summed E-state index contributed by atoms with van der Waals surface area (Å²) in [6.45, 7) is 9.05. The summed E-state index contributed by atoms with van der Waals surface area (Å²) >= 11 is 0. The van der Waals surface area contributed by atoms with Crippen LogP contribution >= 0.6 is 0 Å². The van der Waals surface area contributed by atoms with E-state index in [9.17, 15) is 5.11 Å². The van der Waals surface area contributed by atoms with E-state index < -0.39 is 5.60 Å². The van der Waals surface area contributed by atoms with Gasteiger partial charge in [-0.25, -0.2) is 0 Å². The summed E-state index contributed by atoms with van der Waals surface area (Å²) in [6, 6.07) is 5.87. The van der Waals surface area contributed by atoms with Gasteiger partial charge in [-0.05, 0) is 52.4 Å². The topological polar surface area (TPSA) is 68.0 Å². The van der Waals surface area contributed by atoms with Gasteiger partial charge in [0.15, 0.2) is 11.5 Å². The van der Waals surface area contributed by atoms with Crippen molar-refractivity contribution in [1.29, 1.82) is 0 Å². The lowest BCUT2D eigenvalue weighted by Crippen LogP contribution is -2.35. The number of hydrogen-bond donors (Lipinski definition) is 1. The molecule has 138 valence electrons. The highest BCUT2D eigenvalue weighted by atomic mass is 16.5. The van der Waals surface area contributed by atoms with Crippen molar-refractivity contribution >= 4 is 0 Å². The Morgan fingerprint density at radius 2 is 1.96 bits per heavy atom. The molecule has 1 aromatic carbocycles. The highest BCUT2D eigenvalue weighted by Gasteiger charge is 2.16. The van der Waals surface area contributed by atoms with Gasteiger partial charge in [-0.1, -0.05) is 11.2 Å². The number of hydrogen-bond acceptors (Lipinski definition) is 6. The summed E-state index contributed by atoms with van der Waals surface area (Å²) in [5, 5.41) is 13.9. The second kappa shape index (κ2) is 7.89. The van der Waals surface area contributed by atoms with Crippen LogP contribution in [0.15, 0.2) is 22.7 Å². The molecule has 0 bridgehead atoms. The Hall–Kier alpha value is -2.05. The van der Waals surface area contributed by atoms with Crippen molar-refractivity contribution in [1.82, 2.24) is 10.1 Å². The van der Waals surface area contributed by atoms with Gasteiger partial charge in [0.05, 0.1) is 24.0 Å². The summed E-state index contributed by atoms with van der Waals surface area (Å²) in [5.41, 5.74) is 2.15. The number of methoxy groups -OCH3 is 1. The van der Waals surface area contributed by atoms with Crippen LogP contribution in [0.25, 0.3) is 0 Å². The van der Waals surface area contributed by atoms with Crippen molar-refractivity contribution in [3.63, 3.8) is 0 Å². The number of benzene rings is 1. The fourth-order valence-corrected chi connectivity index (χ4v) is 2.82. The monoisotopic (exact) mass is 348 g/mol. The molecule has 0 fully saturated rings. The Morgan fingerprint density at radius 1 is 1.24 bits per heavy atom. The molecule has 2 rings (SSSR count). The number of aryl methyl sites for hydroxylation is 2. The van der Waals surface area contributed by atoms with E-state index in [1.54, 1.807) is 21.0 Å². The molecule has 25 heavy (non-hydrogen) atoms. The first-order valence-corrected chi connectivity index (χ1v) is 8.32. The predicted molar refractivity (Wildman–Crippen MR) is 95.9 cm³/mol. The van der Waals surface area contributed by atoms with Gasteiger partial charge in [0.25, 0.3) is 0 Å². The molecule has 0 aliphatic heterocycles. The maximum Gasteiger partial charge on any atom is 0.161 e. The lowest BCUT2D eigenvalue weighted by molar-refractivity contribution is 0.0424. The Labute approximate surface area is 149 Å². The Kier molecular flexibility index (Phi) is 6.08. The molecule has 0 atom stereocenters. The van der Waals surface area contributed by atoms with Crippen LogP contribution in [-0.2, 0) is 13.2 Å². The molecule has 1 N–H and O–H groups in total. The molecule has 0 amide bonds. The third-order valence-corrected chi connectivity index (χ3v) is 3.89. The zero-order valence-corrected chi connectivity index (χ0v) is 15.9. The van der Waals surface area contributed by atoms with Gasteiger partial charge in [-0.15, -0.1) is 0 Å². The van der Waals surface area contributed by atoms with Gasteiger partial charge >= 0.3 is 0 Å². The second-order valence-electron chi connectivity index (χ2n) is 7.06. The van der Waals surface area contributed by atoms with Gasteiger partial charge in [-0.2, -0.15) is 0 Å². The van der Waals surface area contributed by atoms with Gasteiger partial charge in [-0.3, -0.25) is 4.90 Å². The molecule has 6 heteroatoms. The molecular formula is C19H28N2O4. The molecule has 0 unspecified atom stereocenters. The van der Waals surface area contributed by atoms with E-state index in [4.69, 9.17) is 14.0 Å². The van der Waals surface area contributed by atoms with Crippen LogP contribution in [0.2, 0.25) is 0 Å². The molecule has 6 nitrogen and oxygen atoms in total. The van der Waals surface area contributed by atoms with E-state index in [2.05, 4.69) is 10.1 Å². The fourth-order valence-electron chi connectivity index (χ4n) is 2.82. The van der Waals surface area contributed by atoms with Crippen LogP contribution < -0.4 is 9.47 Å². The van der Waals surface area contributed by atoms with Gasteiger partial charge < -0.3 is 19.1 Å². The Balaban J connectivity index is 2.06. The third-order valence-electron chi connectivity index (χ3n) is 3.89. The molecule has 0 aliphatic carbocycles. The van der Waals surface area contributed by atoms with Crippen LogP contribution in [-0.4, -0.2) is 41.5 Å². The van der Waals surface area contributed by atoms with E-state index in [0.717, 1.165) is 22.6 Å². The molecule has 0 aliphatic rings. The van der Waals surface area contributed by atoms with Crippen molar-refractivity contribution in [2.75, 3.05) is 20.7 Å². The Morgan fingerprint density at radius 3 is 2.52 bits per heavy atom. The number of aromatic nitrogens is 1. The minimum atomic E-state index is -0.726. The molecule has 0 saturated carbocycles. The molecule has 1 aromatic heterocycles. The van der Waals surface area contributed by atoms with E-state index >= 15 is 0 Å². The zero-order valence-electron chi connectivity index (χ0n) is 15.9. The van der Waals surface area contributed by atoms with Crippen LogP contribution in [0.1, 0.15) is 36.4 Å². The average molecular weight is 348 g/mol. The van der Waals surface area contributed by atoms with Crippen molar-refractivity contribution in [2.45, 2.75) is 46.4 Å². The minimum absolute atomic E-state index is 0.384. The summed E-state index contributed by atoms with van der Waals surface area (Å²) < 4.78 is 16.5. The Bertz CT molecular complexity index is 684. The quantitative estimate of drug-likeness (QED) is 0.791. The second-order valence-corrected chi connectivity index (χ2v) is 7.06.